The van der Waals surface area contributed by atoms with Crippen molar-refractivity contribution in [3.8, 4) is 39.3 Å². The summed E-state index contributed by atoms with van der Waals surface area (Å²) in [5.41, 5.74) is 10.7. The Bertz CT molecular complexity index is 1820. The van der Waals surface area contributed by atoms with Crippen molar-refractivity contribution in [3.05, 3.63) is 133 Å². The maximum Gasteiger partial charge on any atom is 0.149 e. The fourth-order valence-electron chi connectivity index (χ4n) is 5.23. The van der Waals surface area contributed by atoms with Crippen molar-refractivity contribution in [2.24, 2.45) is 0 Å². The predicted molar refractivity (Wildman–Crippen MR) is 152 cm³/mol. The molecule has 0 atom stereocenters. The number of hydrogen-bond donors (Lipinski definition) is 0. The SMILES string of the molecule is Cc1ccc2c(-c3nc4ccccc4n3-c3c(-c4ccccc4)cccc3-c3ccccc3)coc2c1. The van der Waals surface area contributed by atoms with Crippen LogP contribution in [0.1, 0.15) is 5.56 Å². The van der Waals surface area contributed by atoms with Crippen LogP contribution in [0.5, 0.6) is 0 Å². The van der Waals surface area contributed by atoms with Gasteiger partial charge in [-0.15, -0.1) is 0 Å². The van der Waals surface area contributed by atoms with E-state index < -0.39 is 0 Å². The van der Waals surface area contributed by atoms with E-state index in [0.29, 0.717) is 0 Å². The maximum atomic E-state index is 6.05. The van der Waals surface area contributed by atoms with Crippen molar-refractivity contribution in [2.75, 3.05) is 0 Å². The first-order valence-corrected chi connectivity index (χ1v) is 12.5. The Morgan fingerprint density at radius 3 is 1.97 bits per heavy atom. The number of hydrogen-bond acceptors (Lipinski definition) is 2. The van der Waals surface area contributed by atoms with Crippen LogP contribution in [0.2, 0.25) is 0 Å². The van der Waals surface area contributed by atoms with Gasteiger partial charge in [0.1, 0.15) is 17.7 Å². The quantitative estimate of drug-likeness (QED) is 0.254. The summed E-state index contributed by atoms with van der Waals surface area (Å²) < 4.78 is 8.36. The molecule has 0 saturated heterocycles. The molecule has 0 saturated carbocycles. The van der Waals surface area contributed by atoms with E-state index in [1.54, 1.807) is 0 Å². The van der Waals surface area contributed by atoms with E-state index in [9.17, 15) is 0 Å². The van der Waals surface area contributed by atoms with E-state index >= 15 is 0 Å². The van der Waals surface area contributed by atoms with Gasteiger partial charge >= 0.3 is 0 Å². The molecule has 0 fully saturated rings. The fourth-order valence-corrected chi connectivity index (χ4v) is 5.23. The summed E-state index contributed by atoms with van der Waals surface area (Å²) in [4.78, 5) is 5.18. The molecule has 0 aliphatic heterocycles. The van der Waals surface area contributed by atoms with Gasteiger partial charge in [0.2, 0.25) is 0 Å². The molecule has 2 aromatic heterocycles. The molecule has 5 aromatic carbocycles. The highest BCUT2D eigenvalue weighted by molar-refractivity contribution is 5.98. The minimum absolute atomic E-state index is 0.865. The number of benzene rings is 5. The number of fused-ring (bicyclic) bond motifs is 2. The average Bonchev–Trinajstić information content (AvgIpc) is 3.54. The molecule has 176 valence electrons. The van der Waals surface area contributed by atoms with E-state index in [4.69, 9.17) is 9.40 Å². The standard InChI is InChI=1S/C34H24N2O/c1-23-19-20-28-29(22-37-32(28)21-23)34-35-30-17-8-9-18-31(30)36(34)33-26(24-11-4-2-5-12-24)15-10-16-27(33)25-13-6-3-7-14-25/h2-22H,1H3. The molecule has 0 aliphatic carbocycles. The lowest BCUT2D eigenvalue weighted by Gasteiger charge is -2.19. The summed E-state index contributed by atoms with van der Waals surface area (Å²) in [5.74, 6) is 0.865. The fraction of sp³-hybridized carbons (Fsp3) is 0.0294. The van der Waals surface area contributed by atoms with E-state index in [2.05, 4.69) is 127 Å². The summed E-state index contributed by atoms with van der Waals surface area (Å²) >= 11 is 0. The molecule has 0 unspecified atom stereocenters. The minimum atomic E-state index is 0.865. The Kier molecular flexibility index (Phi) is 5.00. The van der Waals surface area contributed by atoms with Gasteiger partial charge in [0.25, 0.3) is 0 Å². The van der Waals surface area contributed by atoms with Crippen molar-refractivity contribution >= 4 is 22.0 Å². The number of imidazole rings is 1. The van der Waals surface area contributed by atoms with Gasteiger partial charge in [-0.1, -0.05) is 103 Å². The van der Waals surface area contributed by atoms with E-state index in [1.165, 1.54) is 5.56 Å². The Hall–Kier alpha value is -4.89. The van der Waals surface area contributed by atoms with Gasteiger partial charge in [0.05, 0.1) is 22.3 Å². The molecule has 0 spiro atoms. The third-order valence-corrected chi connectivity index (χ3v) is 6.96. The Morgan fingerprint density at radius 1 is 0.622 bits per heavy atom. The summed E-state index contributed by atoms with van der Waals surface area (Å²) in [6.07, 6.45) is 1.84. The second kappa shape index (κ2) is 8.65. The van der Waals surface area contributed by atoms with E-state index in [1.807, 2.05) is 12.3 Å². The molecular formula is C34H24N2O. The lowest BCUT2D eigenvalue weighted by molar-refractivity contribution is 0.616. The molecule has 2 heterocycles. The van der Waals surface area contributed by atoms with Crippen LogP contribution in [0.4, 0.5) is 0 Å². The molecule has 0 aliphatic rings. The van der Waals surface area contributed by atoms with Crippen molar-refractivity contribution in [2.45, 2.75) is 6.92 Å². The Morgan fingerprint density at radius 2 is 1.27 bits per heavy atom. The number of rotatable bonds is 4. The van der Waals surface area contributed by atoms with Gasteiger partial charge < -0.3 is 4.42 Å². The van der Waals surface area contributed by atoms with Crippen LogP contribution in [0.25, 0.3) is 61.3 Å². The topological polar surface area (TPSA) is 31.0 Å². The van der Waals surface area contributed by atoms with Crippen LogP contribution in [-0.2, 0) is 0 Å². The lowest BCUT2D eigenvalue weighted by Crippen LogP contribution is -2.03. The largest absolute Gasteiger partial charge is 0.464 e. The van der Waals surface area contributed by atoms with Gasteiger partial charge in [0, 0.05) is 16.5 Å². The molecule has 37 heavy (non-hydrogen) atoms. The lowest BCUT2D eigenvalue weighted by atomic mass is 9.95. The number of aromatic nitrogens is 2. The molecular weight excluding hydrogens is 452 g/mol. The molecule has 3 heteroatoms. The first-order valence-electron chi connectivity index (χ1n) is 12.5. The van der Waals surface area contributed by atoms with Gasteiger partial charge in [-0.05, 0) is 41.8 Å². The van der Waals surface area contributed by atoms with Crippen LogP contribution < -0.4 is 0 Å². The van der Waals surface area contributed by atoms with Crippen LogP contribution >= 0.6 is 0 Å². The highest BCUT2D eigenvalue weighted by Crippen LogP contribution is 2.41. The van der Waals surface area contributed by atoms with E-state index in [-0.39, 0.29) is 0 Å². The Labute approximate surface area is 215 Å². The first-order chi connectivity index (χ1) is 18.3. The Balaban J connectivity index is 1.62. The normalized spacial score (nSPS) is 11.4. The zero-order chi connectivity index (χ0) is 24.8. The summed E-state index contributed by atoms with van der Waals surface area (Å²) in [6.45, 7) is 2.08. The molecule has 0 N–H and O–H groups in total. The molecule has 0 bridgehead atoms. The van der Waals surface area contributed by atoms with Gasteiger partial charge in [-0.3, -0.25) is 4.57 Å². The van der Waals surface area contributed by atoms with Gasteiger partial charge in [0.15, 0.2) is 0 Å². The molecule has 7 aromatic rings. The average molecular weight is 477 g/mol. The summed E-state index contributed by atoms with van der Waals surface area (Å²) in [7, 11) is 0. The number of aryl methyl sites for hydroxylation is 1. The number of para-hydroxylation sites is 3. The minimum Gasteiger partial charge on any atom is -0.464 e. The van der Waals surface area contributed by atoms with E-state index in [0.717, 1.165) is 61.3 Å². The maximum absolute atomic E-state index is 6.05. The van der Waals surface area contributed by atoms with Crippen molar-refractivity contribution in [1.82, 2.24) is 9.55 Å². The third-order valence-electron chi connectivity index (χ3n) is 6.96. The second-order valence-electron chi connectivity index (χ2n) is 9.34. The predicted octanol–water partition coefficient (Wildman–Crippen LogP) is 9.08. The zero-order valence-corrected chi connectivity index (χ0v) is 20.4. The van der Waals surface area contributed by atoms with Crippen LogP contribution in [0.15, 0.2) is 132 Å². The monoisotopic (exact) mass is 476 g/mol. The van der Waals surface area contributed by atoms with Crippen LogP contribution in [0, 0.1) is 6.92 Å². The molecule has 3 nitrogen and oxygen atoms in total. The smallest absolute Gasteiger partial charge is 0.149 e. The summed E-state index contributed by atoms with van der Waals surface area (Å²) in [6, 6.07) is 42.4. The van der Waals surface area contributed by atoms with Gasteiger partial charge in [-0.25, -0.2) is 4.98 Å². The van der Waals surface area contributed by atoms with Gasteiger partial charge in [-0.2, -0.15) is 0 Å². The first kappa shape index (κ1) is 21.4. The van der Waals surface area contributed by atoms with Crippen LogP contribution in [0.3, 0.4) is 0 Å². The number of furan rings is 1. The second-order valence-corrected chi connectivity index (χ2v) is 9.34. The van der Waals surface area contributed by atoms with Crippen molar-refractivity contribution in [1.29, 1.82) is 0 Å². The zero-order valence-electron chi connectivity index (χ0n) is 20.4. The molecule has 7 rings (SSSR count). The number of nitrogens with zero attached hydrogens (tertiary/aromatic N) is 2. The van der Waals surface area contributed by atoms with Crippen molar-refractivity contribution in [3.63, 3.8) is 0 Å². The highest BCUT2D eigenvalue weighted by Gasteiger charge is 2.23. The summed E-state index contributed by atoms with van der Waals surface area (Å²) in [5, 5.41) is 1.06. The molecule has 0 radical (unpaired) electrons. The van der Waals surface area contributed by atoms with Crippen molar-refractivity contribution < 1.29 is 4.42 Å². The molecule has 0 amide bonds. The highest BCUT2D eigenvalue weighted by atomic mass is 16.3. The van der Waals surface area contributed by atoms with Crippen LogP contribution in [-0.4, -0.2) is 9.55 Å². The third kappa shape index (κ3) is 3.56.